The summed E-state index contributed by atoms with van der Waals surface area (Å²) >= 11 is 0. The Kier molecular flexibility index (Phi) is 4.85. The van der Waals surface area contributed by atoms with Crippen LogP contribution in [0, 0.1) is 5.92 Å². The number of hydrogen-bond donors (Lipinski definition) is 0. The SMILES string of the molecule is CC1[C@@H](OC(C)(C)C)[C@@H](COC(C)(C)C)O[C@@H]1C. The molecule has 1 aliphatic rings. The summed E-state index contributed by atoms with van der Waals surface area (Å²) in [6, 6.07) is 0. The minimum Gasteiger partial charge on any atom is -0.373 e. The number of hydrogen-bond acceptors (Lipinski definition) is 3. The highest BCUT2D eigenvalue weighted by atomic mass is 16.6. The number of rotatable bonds is 3. The standard InChI is InChI=1S/C15H30O3/c1-10-11(2)17-12(9-16-14(3,4)5)13(10)18-15(6,7)8/h10-13H,9H2,1-8H3/t10?,11-,12-,13-/m1/s1. The smallest absolute Gasteiger partial charge is 0.108 e. The lowest BCUT2D eigenvalue weighted by Crippen LogP contribution is -2.40. The van der Waals surface area contributed by atoms with Gasteiger partial charge in [-0.1, -0.05) is 6.92 Å². The van der Waals surface area contributed by atoms with Crippen LogP contribution in [0.1, 0.15) is 55.4 Å². The summed E-state index contributed by atoms with van der Waals surface area (Å²) in [5.74, 6) is 0.401. The van der Waals surface area contributed by atoms with Gasteiger partial charge in [-0.05, 0) is 48.5 Å². The molecule has 0 aromatic heterocycles. The zero-order chi connectivity index (χ0) is 14.1. The Labute approximate surface area is 112 Å². The van der Waals surface area contributed by atoms with Gasteiger partial charge in [0.15, 0.2) is 0 Å². The second kappa shape index (κ2) is 5.48. The normalized spacial score (nSPS) is 34.0. The molecule has 0 radical (unpaired) electrons. The maximum absolute atomic E-state index is 6.15. The molecule has 0 aromatic carbocycles. The van der Waals surface area contributed by atoms with E-state index in [2.05, 4.69) is 55.4 Å². The minimum atomic E-state index is -0.146. The number of ether oxygens (including phenoxy) is 3. The van der Waals surface area contributed by atoms with Crippen LogP contribution >= 0.6 is 0 Å². The zero-order valence-corrected chi connectivity index (χ0v) is 13.2. The first-order valence-corrected chi connectivity index (χ1v) is 6.97. The van der Waals surface area contributed by atoms with Crippen molar-refractivity contribution in [3.8, 4) is 0 Å². The van der Waals surface area contributed by atoms with Crippen LogP contribution in [0.15, 0.2) is 0 Å². The van der Waals surface area contributed by atoms with Crippen molar-refractivity contribution in [2.24, 2.45) is 5.92 Å². The molecule has 1 saturated heterocycles. The van der Waals surface area contributed by atoms with Gasteiger partial charge in [-0.2, -0.15) is 0 Å². The van der Waals surface area contributed by atoms with Crippen molar-refractivity contribution in [3.05, 3.63) is 0 Å². The Morgan fingerprint density at radius 2 is 1.50 bits per heavy atom. The van der Waals surface area contributed by atoms with E-state index < -0.39 is 0 Å². The molecule has 0 saturated carbocycles. The van der Waals surface area contributed by atoms with Crippen molar-refractivity contribution in [1.82, 2.24) is 0 Å². The van der Waals surface area contributed by atoms with Crippen LogP contribution in [0.3, 0.4) is 0 Å². The van der Waals surface area contributed by atoms with Gasteiger partial charge in [0.25, 0.3) is 0 Å². The van der Waals surface area contributed by atoms with Crippen molar-refractivity contribution in [2.75, 3.05) is 6.61 Å². The first-order valence-electron chi connectivity index (χ1n) is 6.97. The second-order valence-electron chi connectivity index (χ2n) is 7.36. The zero-order valence-electron chi connectivity index (χ0n) is 13.2. The fourth-order valence-electron chi connectivity index (χ4n) is 2.14. The van der Waals surface area contributed by atoms with Crippen LogP contribution in [0.4, 0.5) is 0 Å². The molecule has 1 fully saturated rings. The molecule has 0 N–H and O–H groups in total. The van der Waals surface area contributed by atoms with Gasteiger partial charge in [-0.25, -0.2) is 0 Å². The van der Waals surface area contributed by atoms with Crippen molar-refractivity contribution in [2.45, 2.75) is 84.9 Å². The monoisotopic (exact) mass is 258 g/mol. The third kappa shape index (κ3) is 4.87. The predicted molar refractivity (Wildman–Crippen MR) is 73.8 cm³/mol. The highest BCUT2D eigenvalue weighted by Crippen LogP contribution is 2.32. The molecule has 4 atom stereocenters. The van der Waals surface area contributed by atoms with Crippen LogP contribution in [0.5, 0.6) is 0 Å². The fraction of sp³-hybridized carbons (Fsp3) is 1.00. The quantitative estimate of drug-likeness (QED) is 0.776. The van der Waals surface area contributed by atoms with E-state index in [0.717, 1.165) is 0 Å². The summed E-state index contributed by atoms with van der Waals surface area (Å²) < 4.78 is 18.0. The van der Waals surface area contributed by atoms with Crippen LogP contribution in [-0.2, 0) is 14.2 Å². The highest BCUT2D eigenvalue weighted by molar-refractivity contribution is 4.89. The molecule has 1 rings (SSSR count). The molecule has 1 heterocycles. The average Bonchev–Trinajstić information content (AvgIpc) is 2.39. The Balaban J connectivity index is 2.64. The van der Waals surface area contributed by atoms with E-state index in [1.807, 2.05) is 0 Å². The van der Waals surface area contributed by atoms with Crippen LogP contribution in [0.2, 0.25) is 0 Å². The fourth-order valence-corrected chi connectivity index (χ4v) is 2.14. The van der Waals surface area contributed by atoms with E-state index in [-0.39, 0.29) is 29.5 Å². The molecular weight excluding hydrogens is 228 g/mol. The van der Waals surface area contributed by atoms with E-state index in [1.54, 1.807) is 0 Å². The molecule has 3 nitrogen and oxygen atoms in total. The molecule has 0 bridgehead atoms. The second-order valence-corrected chi connectivity index (χ2v) is 7.36. The van der Waals surface area contributed by atoms with Gasteiger partial charge in [0.1, 0.15) is 6.10 Å². The van der Waals surface area contributed by atoms with E-state index >= 15 is 0 Å². The summed E-state index contributed by atoms with van der Waals surface area (Å²) in [5.41, 5.74) is -0.281. The maximum Gasteiger partial charge on any atom is 0.108 e. The van der Waals surface area contributed by atoms with Crippen LogP contribution in [0.25, 0.3) is 0 Å². The molecule has 0 aromatic rings. The Morgan fingerprint density at radius 1 is 0.944 bits per heavy atom. The Hall–Kier alpha value is -0.120. The van der Waals surface area contributed by atoms with Crippen molar-refractivity contribution < 1.29 is 14.2 Å². The summed E-state index contributed by atoms with van der Waals surface area (Å²) in [5, 5.41) is 0. The summed E-state index contributed by atoms with van der Waals surface area (Å²) in [6.45, 7) is 17.4. The van der Waals surface area contributed by atoms with Gasteiger partial charge < -0.3 is 14.2 Å². The van der Waals surface area contributed by atoms with Gasteiger partial charge in [0.2, 0.25) is 0 Å². The summed E-state index contributed by atoms with van der Waals surface area (Å²) in [7, 11) is 0. The summed E-state index contributed by atoms with van der Waals surface area (Å²) in [4.78, 5) is 0. The molecule has 0 spiro atoms. The lowest BCUT2D eigenvalue weighted by molar-refractivity contribution is -0.130. The Bertz CT molecular complexity index is 262. The van der Waals surface area contributed by atoms with Gasteiger partial charge in [0, 0.05) is 5.92 Å². The average molecular weight is 258 g/mol. The first kappa shape index (κ1) is 15.9. The lowest BCUT2D eigenvalue weighted by atomic mass is 9.98. The lowest BCUT2D eigenvalue weighted by Gasteiger charge is -2.31. The largest absolute Gasteiger partial charge is 0.373 e. The molecule has 0 amide bonds. The predicted octanol–water partition coefficient (Wildman–Crippen LogP) is 3.41. The minimum absolute atomic E-state index is 0.0356. The molecule has 0 aliphatic carbocycles. The van der Waals surface area contributed by atoms with Gasteiger partial charge in [0.05, 0.1) is 30.0 Å². The van der Waals surface area contributed by atoms with Crippen molar-refractivity contribution in [3.63, 3.8) is 0 Å². The highest BCUT2D eigenvalue weighted by Gasteiger charge is 2.42. The molecule has 3 heteroatoms. The maximum atomic E-state index is 6.15. The third-order valence-corrected chi connectivity index (χ3v) is 3.18. The van der Waals surface area contributed by atoms with Crippen LogP contribution < -0.4 is 0 Å². The van der Waals surface area contributed by atoms with E-state index in [9.17, 15) is 0 Å². The van der Waals surface area contributed by atoms with Crippen LogP contribution in [-0.4, -0.2) is 36.1 Å². The Morgan fingerprint density at radius 3 is 1.94 bits per heavy atom. The van der Waals surface area contributed by atoms with E-state index in [0.29, 0.717) is 12.5 Å². The topological polar surface area (TPSA) is 27.7 Å². The molecule has 108 valence electrons. The van der Waals surface area contributed by atoms with Gasteiger partial charge in [-0.15, -0.1) is 0 Å². The first-order chi connectivity index (χ1) is 7.99. The molecule has 18 heavy (non-hydrogen) atoms. The molecular formula is C15H30O3. The van der Waals surface area contributed by atoms with Gasteiger partial charge in [-0.3, -0.25) is 0 Å². The molecule has 1 aliphatic heterocycles. The van der Waals surface area contributed by atoms with E-state index in [1.165, 1.54) is 0 Å². The van der Waals surface area contributed by atoms with Gasteiger partial charge >= 0.3 is 0 Å². The van der Waals surface area contributed by atoms with E-state index in [4.69, 9.17) is 14.2 Å². The van der Waals surface area contributed by atoms with Crippen molar-refractivity contribution in [1.29, 1.82) is 0 Å². The third-order valence-electron chi connectivity index (χ3n) is 3.18. The van der Waals surface area contributed by atoms with Crippen molar-refractivity contribution >= 4 is 0 Å². The summed E-state index contributed by atoms with van der Waals surface area (Å²) in [6.07, 6.45) is 0.377. The molecule has 1 unspecified atom stereocenters.